The van der Waals surface area contributed by atoms with E-state index in [-0.39, 0.29) is 17.9 Å². The van der Waals surface area contributed by atoms with Gasteiger partial charge in [-0.2, -0.15) is 0 Å². The van der Waals surface area contributed by atoms with E-state index in [1.54, 1.807) is 0 Å². The highest BCUT2D eigenvalue weighted by molar-refractivity contribution is 5.71. The summed E-state index contributed by atoms with van der Waals surface area (Å²) in [4.78, 5) is 10.5. The van der Waals surface area contributed by atoms with E-state index in [9.17, 15) is 9.90 Å². The maximum Gasteiger partial charge on any atom is 0.307 e. The molecule has 0 saturated carbocycles. The van der Waals surface area contributed by atoms with Crippen molar-refractivity contribution in [3.05, 3.63) is 17.7 Å². The number of hydrogen-bond donors (Lipinski definition) is 2. The second kappa shape index (κ2) is 4.54. The zero-order chi connectivity index (χ0) is 11.4. The number of hydrogen-bond acceptors (Lipinski definition) is 4. The average molecular weight is 212 g/mol. The van der Waals surface area contributed by atoms with Crippen molar-refractivity contribution in [2.24, 2.45) is 0 Å². The molecule has 15 heavy (non-hydrogen) atoms. The molecule has 5 nitrogen and oxygen atoms in total. The predicted octanol–water partition coefficient (Wildman–Crippen LogP) is 1.04. The summed E-state index contributed by atoms with van der Waals surface area (Å²) in [5, 5.41) is 18.1. The number of aliphatic carboxylic acids is 1. The zero-order valence-corrected chi connectivity index (χ0v) is 8.48. The van der Waals surface area contributed by atoms with Crippen molar-refractivity contribution < 1.29 is 24.5 Å². The van der Waals surface area contributed by atoms with Gasteiger partial charge in [0.25, 0.3) is 0 Å². The smallest absolute Gasteiger partial charge is 0.307 e. The number of phenolic OH excluding ortho intramolecular Hbond substituents is 1. The Morgan fingerprint density at radius 1 is 1.33 bits per heavy atom. The Hall–Kier alpha value is -1.91. The Labute approximate surface area is 86.9 Å². The highest BCUT2D eigenvalue weighted by Gasteiger charge is 2.12. The lowest BCUT2D eigenvalue weighted by Crippen LogP contribution is -2.01. The van der Waals surface area contributed by atoms with Gasteiger partial charge in [0.05, 0.1) is 20.6 Å². The molecule has 1 aromatic carbocycles. The van der Waals surface area contributed by atoms with E-state index in [0.29, 0.717) is 11.3 Å². The minimum absolute atomic E-state index is 0.131. The van der Waals surface area contributed by atoms with Crippen LogP contribution in [0.1, 0.15) is 5.56 Å². The molecule has 0 unspecified atom stereocenters. The fourth-order valence-electron chi connectivity index (χ4n) is 1.28. The molecule has 0 aliphatic heterocycles. The number of carbonyl (C=O) groups is 1. The van der Waals surface area contributed by atoms with E-state index in [4.69, 9.17) is 14.6 Å². The van der Waals surface area contributed by atoms with Gasteiger partial charge in [0.2, 0.25) is 5.75 Å². The van der Waals surface area contributed by atoms with Crippen LogP contribution in [0.2, 0.25) is 0 Å². The van der Waals surface area contributed by atoms with Gasteiger partial charge in [-0.15, -0.1) is 0 Å². The largest absolute Gasteiger partial charge is 0.504 e. The molecule has 0 amide bonds. The summed E-state index contributed by atoms with van der Waals surface area (Å²) in [6.07, 6.45) is -0.173. The van der Waals surface area contributed by atoms with Gasteiger partial charge in [0.15, 0.2) is 11.5 Å². The summed E-state index contributed by atoms with van der Waals surface area (Å²) < 4.78 is 9.87. The second-order valence-corrected chi connectivity index (χ2v) is 2.92. The first kappa shape index (κ1) is 11.2. The zero-order valence-electron chi connectivity index (χ0n) is 8.48. The summed E-state index contributed by atoms with van der Waals surface area (Å²) in [5.41, 5.74) is 0.456. The number of aromatic hydroxyl groups is 1. The van der Waals surface area contributed by atoms with Crippen LogP contribution in [0.25, 0.3) is 0 Å². The minimum atomic E-state index is -0.971. The lowest BCUT2D eigenvalue weighted by atomic mass is 10.1. The van der Waals surface area contributed by atoms with E-state index < -0.39 is 5.97 Å². The minimum Gasteiger partial charge on any atom is -0.504 e. The summed E-state index contributed by atoms with van der Waals surface area (Å²) in [7, 11) is 2.82. The van der Waals surface area contributed by atoms with Crippen molar-refractivity contribution in [3.8, 4) is 17.2 Å². The highest BCUT2D eigenvalue weighted by Crippen LogP contribution is 2.37. The Morgan fingerprint density at radius 2 is 2.00 bits per heavy atom. The van der Waals surface area contributed by atoms with Crippen molar-refractivity contribution in [3.63, 3.8) is 0 Å². The number of rotatable bonds is 4. The van der Waals surface area contributed by atoms with E-state index in [1.165, 1.54) is 26.4 Å². The molecule has 5 heteroatoms. The van der Waals surface area contributed by atoms with Gasteiger partial charge < -0.3 is 19.7 Å². The van der Waals surface area contributed by atoms with Gasteiger partial charge >= 0.3 is 5.97 Å². The van der Waals surface area contributed by atoms with Crippen molar-refractivity contribution in [1.29, 1.82) is 0 Å². The molecule has 0 radical (unpaired) electrons. The molecule has 0 aliphatic carbocycles. The number of methoxy groups -OCH3 is 2. The second-order valence-electron chi connectivity index (χ2n) is 2.92. The van der Waals surface area contributed by atoms with Crippen LogP contribution in [0, 0.1) is 0 Å². The predicted molar refractivity (Wildman–Crippen MR) is 52.6 cm³/mol. The highest BCUT2D eigenvalue weighted by atomic mass is 16.5. The van der Waals surface area contributed by atoms with Gasteiger partial charge in [0, 0.05) is 0 Å². The number of ether oxygens (including phenoxy) is 2. The molecule has 0 heterocycles. The maximum atomic E-state index is 10.5. The van der Waals surface area contributed by atoms with Gasteiger partial charge in [-0.1, -0.05) is 0 Å². The summed E-state index contributed by atoms with van der Waals surface area (Å²) in [5.74, 6) is -0.588. The third-order valence-electron chi connectivity index (χ3n) is 1.87. The van der Waals surface area contributed by atoms with Crippen LogP contribution in [0.4, 0.5) is 0 Å². The van der Waals surface area contributed by atoms with Gasteiger partial charge in [-0.3, -0.25) is 4.79 Å². The van der Waals surface area contributed by atoms with Crippen LogP contribution in [0.5, 0.6) is 17.2 Å². The molecular weight excluding hydrogens is 200 g/mol. The molecule has 0 bridgehead atoms. The summed E-state index contributed by atoms with van der Waals surface area (Å²) >= 11 is 0. The SMILES string of the molecule is COc1cc(CC(=O)O)cc(O)c1OC. The molecule has 0 atom stereocenters. The maximum absolute atomic E-state index is 10.5. The molecule has 1 rings (SSSR count). The van der Waals surface area contributed by atoms with Crippen LogP contribution in [-0.2, 0) is 11.2 Å². The topological polar surface area (TPSA) is 76.0 Å². The average Bonchev–Trinajstić information content (AvgIpc) is 2.15. The molecule has 0 aliphatic rings. The van der Waals surface area contributed by atoms with E-state index >= 15 is 0 Å². The number of benzene rings is 1. The third kappa shape index (κ3) is 2.52. The standard InChI is InChI=1S/C10H12O5/c1-14-8-4-6(5-9(12)13)3-7(11)10(8)15-2/h3-4,11H,5H2,1-2H3,(H,12,13). The molecule has 82 valence electrons. The Bertz CT molecular complexity index is 372. The molecule has 0 spiro atoms. The van der Waals surface area contributed by atoms with Crippen molar-refractivity contribution in [2.75, 3.05) is 14.2 Å². The number of phenols is 1. The number of carboxylic acids is 1. The Balaban J connectivity index is 3.13. The number of carboxylic acid groups (broad SMARTS) is 1. The lowest BCUT2D eigenvalue weighted by Gasteiger charge is -2.10. The van der Waals surface area contributed by atoms with Gasteiger partial charge in [-0.05, 0) is 17.7 Å². The Kier molecular flexibility index (Phi) is 3.38. The van der Waals surface area contributed by atoms with Crippen LogP contribution < -0.4 is 9.47 Å². The van der Waals surface area contributed by atoms with Crippen LogP contribution in [0.15, 0.2) is 12.1 Å². The van der Waals surface area contributed by atoms with E-state index in [1.807, 2.05) is 0 Å². The molecule has 0 aromatic heterocycles. The van der Waals surface area contributed by atoms with Crippen LogP contribution >= 0.6 is 0 Å². The third-order valence-corrected chi connectivity index (χ3v) is 1.87. The van der Waals surface area contributed by atoms with Crippen molar-refractivity contribution in [1.82, 2.24) is 0 Å². The first-order chi connectivity index (χ1) is 7.08. The van der Waals surface area contributed by atoms with Crippen molar-refractivity contribution >= 4 is 5.97 Å². The van der Waals surface area contributed by atoms with E-state index in [2.05, 4.69) is 0 Å². The van der Waals surface area contributed by atoms with Crippen LogP contribution in [0.3, 0.4) is 0 Å². The first-order valence-corrected chi connectivity index (χ1v) is 4.24. The van der Waals surface area contributed by atoms with Gasteiger partial charge in [-0.25, -0.2) is 0 Å². The molecule has 2 N–H and O–H groups in total. The van der Waals surface area contributed by atoms with Crippen molar-refractivity contribution in [2.45, 2.75) is 6.42 Å². The monoisotopic (exact) mass is 212 g/mol. The fraction of sp³-hybridized carbons (Fsp3) is 0.300. The molecule has 1 aromatic rings. The first-order valence-electron chi connectivity index (χ1n) is 4.24. The van der Waals surface area contributed by atoms with E-state index in [0.717, 1.165) is 0 Å². The molecular formula is C10H12O5. The molecule has 0 fully saturated rings. The van der Waals surface area contributed by atoms with Crippen LogP contribution in [-0.4, -0.2) is 30.4 Å². The summed E-state index contributed by atoms with van der Waals surface area (Å²) in [6.45, 7) is 0. The quantitative estimate of drug-likeness (QED) is 0.779. The van der Waals surface area contributed by atoms with Gasteiger partial charge in [0.1, 0.15) is 0 Å². The molecule has 0 saturated heterocycles. The fourth-order valence-corrected chi connectivity index (χ4v) is 1.28. The normalized spacial score (nSPS) is 9.73. The summed E-state index contributed by atoms with van der Waals surface area (Å²) in [6, 6.07) is 2.86. The lowest BCUT2D eigenvalue weighted by molar-refractivity contribution is -0.136. The Morgan fingerprint density at radius 3 is 2.47 bits per heavy atom.